The van der Waals surface area contributed by atoms with E-state index in [2.05, 4.69) is 65.9 Å². The van der Waals surface area contributed by atoms with E-state index < -0.39 is 8.32 Å². The Bertz CT molecular complexity index is 705. The monoisotopic (exact) mass is 372 g/mol. The molecule has 0 saturated heterocycles. The minimum absolute atomic E-state index is 0.187. The lowest BCUT2D eigenvalue weighted by atomic mass is 9.88. The van der Waals surface area contributed by atoms with Gasteiger partial charge in [-0.3, -0.25) is 0 Å². The molecular formula is C23H36O2Si. The molecule has 2 rings (SSSR count). The van der Waals surface area contributed by atoms with Gasteiger partial charge in [-0.15, -0.1) is 0 Å². The number of hydrogen-bond donors (Lipinski definition) is 0. The fourth-order valence-electron chi connectivity index (χ4n) is 3.19. The topological polar surface area (TPSA) is 18.5 Å². The number of methoxy groups -OCH3 is 1. The van der Waals surface area contributed by atoms with Crippen LogP contribution in [0.1, 0.15) is 59.4 Å². The van der Waals surface area contributed by atoms with Crippen LogP contribution in [-0.2, 0) is 6.42 Å². The molecule has 0 spiro atoms. The van der Waals surface area contributed by atoms with Gasteiger partial charge in [0.1, 0.15) is 11.5 Å². The summed E-state index contributed by atoms with van der Waals surface area (Å²) in [6.07, 6.45) is 6.80. The van der Waals surface area contributed by atoms with Crippen LogP contribution in [0, 0.1) is 0 Å². The summed E-state index contributed by atoms with van der Waals surface area (Å²) < 4.78 is 12.1. The lowest BCUT2D eigenvalue weighted by Crippen LogP contribution is -2.44. The third-order valence-electron chi connectivity index (χ3n) is 6.04. The number of hydrogen-bond acceptors (Lipinski definition) is 2. The predicted molar refractivity (Wildman–Crippen MR) is 115 cm³/mol. The van der Waals surface area contributed by atoms with Gasteiger partial charge in [0.25, 0.3) is 0 Å². The Balaban J connectivity index is 2.27. The van der Waals surface area contributed by atoms with Crippen LogP contribution in [0.4, 0.5) is 0 Å². The van der Waals surface area contributed by atoms with E-state index in [4.69, 9.17) is 9.16 Å². The van der Waals surface area contributed by atoms with Gasteiger partial charge in [-0.05, 0) is 87.0 Å². The summed E-state index contributed by atoms with van der Waals surface area (Å²) in [4.78, 5) is 0. The number of ether oxygens (including phenoxy) is 1. The van der Waals surface area contributed by atoms with E-state index in [9.17, 15) is 0 Å². The van der Waals surface area contributed by atoms with Crippen molar-refractivity contribution in [2.45, 2.75) is 78.4 Å². The first-order valence-electron chi connectivity index (χ1n) is 9.77. The third-order valence-corrected chi connectivity index (χ3v) is 10.4. The van der Waals surface area contributed by atoms with Crippen molar-refractivity contribution in [3.8, 4) is 11.5 Å². The van der Waals surface area contributed by atoms with E-state index >= 15 is 0 Å². The molecule has 0 fully saturated rings. The molecule has 2 nitrogen and oxygen atoms in total. The van der Waals surface area contributed by atoms with Crippen molar-refractivity contribution < 1.29 is 9.16 Å². The van der Waals surface area contributed by atoms with Crippen molar-refractivity contribution in [3.05, 3.63) is 46.6 Å². The molecule has 0 amide bonds. The van der Waals surface area contributed by atoms with Crippen molar-refractivity contribution in [2.75, 3.05) is 7.11 Å². The van der Waals surface area contributed by atoms with E-state index in [1.165, 1.54) is 29.6 Å². The maximum absolute atomic E-state index is 6.64. The van der Waals surface area contributed by atoms with Crippen molar-refractivity contribution in [1.82, 2.24) is 0 Å². The lowest BCUT2D eigenvalue weighted by Gasteiger charge is -2.37. The van der Waals surface area contributed by atoms with Gasteiger partial charge in [0, 0.05) is 0 Å². The molecule has 0 heterocycles. The zero-order valence-corrected chi connectivity index (χ0v) is 19.0. The van der Waals surface area contributed by atoms with Crippen LogP contribution in [0.25, 0.3) is 0 Å². The Kier molecular flexibility index (Phi) is 6.44. The van der Waals surface area contributed by atoms with Crippen molar-refractivity contribution in [2.24, 2.45) is 0 Å². The van der Waals surface area contributed by atoms with Gasteiger partial charge in [-0.25, -0.2) is 0 Å². The van der Waals surface area contributed by atoms with Crippen molar-refractivity contribution in [1.29, 1.82) is 0 Å². The zero-order chi connectivity index (χ0) is 19.5. The van der Waals surface area contributed by atoms with E-state index in [0.29, 0.717) is 0 Å². The Labute approximate surface area is 161 Å². The average molecular weight is 373 g/mol. The fraction of sp³-hybridized carbons (Fsp3) is 0.565. The van der Waals surface area contributed by atoms with E-state index in [-0.39, 0.29) is 5.04 Å². The summed E-state index contributed by atoms with van der Waals surface area (Å²) in [5.74, 6) is 1.94. The SMILES string of the molecule is COc1ccc(O[Si](C)(C)C(C)(C)C)c(CCC2=C(C)CCC=C2C)c1. The van der Waals surface area contributed by atoms with Gasteiger partial charge in [0.05, 0.1) is 7.11 Å². The quantitative estimate of drug-likeness (QED) is 0.497. The molecule has 26 heavy (non-hydrogen) atoms. The molecule has 1 aliphatic carbocycles. The summed E-state index contributed by atoms with van der Waals surface area (Å²) in [5, 5.41) is 0.187. The normalized spacial score (nSPS) is 15.8. The van der Waals surface area contributed by atoms with Crippen LogP contribution in [-0.4, -0.2) is 15.4 Å². The first kappa shape index (κ1) is 20.8. The third kappa shape index (κ3) is 4.82. The minimum atomic E-state index is -1.86. The second kappa shape index (κ2) is 8.04. The largest absolute Gasteiger partial charge is 0.543 e. The second-order valence-corrected chi connectivity index (χ2v) is 13.7. The number of aryl methyl sites for hydroxylation is 1. The molecule has 144 valence electrons. The highest BCUT2D eigenvalue weighted by Crippen LogP contribution is 2.39. The molecule has 0 radical (unpaired) electrons. The molecule has 0 aliphatic heterocycles. The number of rotatable bonds is 6. The van der Waals surface area contributed by atoms with E-state index in [1.807, 2.05) is 6.07 Å². The first-order chi connectivity index (χ1) is 12.0. The Morgan fingerprint density at radius 2 is 1.77 bits per heavy atom. The van der Waals surface area contributed by atoms with Gasteiger partial charge >= 0.3 is 0 Å². The summed E-state index contributed by atoms with van der Waals surface area (Å²) >= 11 is 0. The van der Waals surface area contributed by atoms with Gasteiger partial charge in [0.2, 0.25) is 8.32 Å². The molecule has 0 unspecified atom stereocenters. The molecule has 0 bridgehead atoms. The smallest absolute Gasteiger partial charge is 0.250 e. The highest BCUT2D eigenvalue weighted by molar-refractivity contribution is 6.74. The van der Waals surface area contributed by atoms with E-state index in [1.54, 1.807) is 12.7 Å². The number of benzene rings is 1. The van der Waals surface area contributed by atoms with Crippen LogP contribution in [0.2, 0.25) is 18.1 Å². The Morgan fingerprint density at radius 3 is 2.35 bits per heavy atom. The number of allylic oxidation sites excluding steroid dienone is 4. The maximum Gasteiger partial charge on any atom is 0.250 e. The average Bonchev–Trinajstić information content (AvgIpc) is 2.54. The van der Waals surface area contributed by atoms with Crippen LogP contribution >= 0.6 is 0 Å². The highest BCUT2D eigenvalue weighted by atomic mass is 28.4. The van der Waals surface area contributed by atoms with E-state index in [0.717, 1.165) is 24.3 Å². The zero-order valence-electron chi connectivity index (χ0n) is 18.0. The first-order valence-corrected chi connectivity index (χ1v) is 12.7. The van der Waals surface area contributed by atoms with Gasteiger partial charge in [0.15, 0.2) is 0 Å². The summed E-state index contributed by atoms with van der Waals surface area (Å²) in [7, 11) is -0.134. The van der Waals surface area contributed by atoms with Crippen LogP contribution in [0.5, 0.6) is 11.5 Å². The summed E-state index contributed by atoms with van der Waals surface area (Å²) in [5.41, 5.74) is 5.77. The fourth-order valence-corrected chi connectivity index (χ4v) is 4.25. The molecule has 0 atom stereocenters. The molecule has 1 aromatic rings. The van der Waals surface area contributed by atoms with Crippen molar-refractivity contribution >= 4 is 8.32 Å². The minimum Gasteiger partial charge on any atom is -0.543 e. The molecule has 0 N–H and O–H groups in total. The van der Waals surface area contributed by atoms with Gasteiger partial charge in [-0.2, -0.15) is 0 Å². The summed E-state index contributed by atoms with van der Waals surface area (Å²) in [6, 6.07) is 6.27. The molecule has 0 aromatic heterocycles. The molecule has 0 saturated carbocycles. The second-order valence-electron chi connectivity index (χ2n) is 9.02. The van der Waals surface area contributed by atoms with Gasteiger partial charge in [-0.1, -0.05) is 38.0 Å². The Hall–Kier alpha value is -1.48. The molecule has 1 aliphatic rings. The molecular weight excluding hydrogens is 336 g/mol. The standard InChI is InChI=1S/C23H36O2Si/c1-17-10-9-11-18(2)21(17)14-12-19-16-20(24-6)13-15-22(19)25-26(7,8)23(3,4)5/h10,13,15-16H,9,11-12,14H2,1-8H3. The van der Waals surface area contributed by atoms with Crippen LogP contribution in [0.15, 0.2) is 41.0 Å². The van der Waals surface area contributed by atoms with Gasteiger partial charge < -0.3 is 9.16 Å². The molecule has 1 aromatic carbocycles. The van der Waals surface area contributed by atoms with Crippen LogP contribution in [0.3, 0.4) is 0 Å². The van der Waals surface area contributed by atoms with Crippen molar-refractivity contribution in [3.63, 3.8) is 0 Å². The lowest BCUT2D eigenvalue weighted by molar-refractivity contribution is 0.412. The van der Waals surface area contributed by atoms with Crippen LogP contribution < -0.4 is 9.16 Å². The maximum atomic E-state index is 6.64. The molecule has 3 heteroatoms. The highest BCUT2D eigenvalue weighted by Gasteiger charge is 2.39. The predicted octanol–water partition coefficient (Wildman–Crippen LogP) is 7.07. The Morgan fingerprint density at radius 1 is 1.08 bits per heavy atom. The summed E-state index contributed by atoms with van der Waals surface area (Å²) in [6.45, 7) is 16.0.